The van der Waals surface area contributed by atoms with Crippen LogP contribution in [0.3, 0.4) is 0 Å². The van der Waals surface area contributed by atoms with Gasteiger partial charge in [-0.05, 0) is 46.5 Å². The normalized spacial score (nSPS) is 22.9. The Morgan fingerprint density at radius 2 is 1.82 bits per heavy atom. The minimum Gasteiger partial charge on any atom is -0.309 e. The predicted molar refractivity (Wildman–Crippen MR) is 49.7 cm³/mol. The minimum absolute atomic E-state index is 0.287. The zero-order valence-corrected chi connectivity index (χ0v) is 8.28. The SMILES string of the molecule is C[C@@H](NC(C)(C)C)C1CCC1. The van der Waals surface area contributed by atoms with E-state index in [4.69, 9.17) is 0 Å². The van der Waals surface area contributed by atoms with Gasteiger partial charge in [-0.1, -0.05) is 6.42 Å². The molecule has 1 rings (SSSR count). The highest BCUT2D eigenvalue weighted by atomic mass is 15.0. The lowest BCUT2D eigenvalue weighted by molar-refractivity contribution is 0.208. The minimum atomic E-state index is 0.287. The summed E-state index contributed by atoms with van der Waals surface area (Å²) in [6.45, 7) is 9.03. The van der Waals surface area contributed by atoms with Crippen molar-refractivity contribution in [3.63, 3.8) is 0 Å². The Morgan fingerprint density at radius 3 is 2.09 bits per heavy atom. The van der Waals surface area contributed by atoms with Crippen molar-refractivity contribution in [3.8, 4) is 0 Å². The topological polar surface area (TPSA) is 12.0 Å². The van der Waals surface area contributed by atoms with Crippen LogP contribution in [-0.2, 0) is 0 Å². The molecule has 1 nitrogen and oxygen atoms in total. The number of hydrogen-bond donors (Lipinski definition) is 1. The molecule has 0 saturated heterocycles. The Hall–Kier alpha value is -0.0400. The van der Waals surface area contributed by atoms with Crippen LogP contribution in [0, 0.1) is 5.92 Å². The third-order valence-corrected chi connectivity index (χ3v) is 2.52. The van der Waals surface area contributed by atoms with E-state index in [2.05, 4.69) is 33.0 Å². The molecule has 1 saturated carbocycles. The van der Waals surface area contributed by atoms with Crippen LogP contribution < -0.4 is 5.32 Å². The summed E-state index contributed by atoms with van der Waals surface area (Å²) in [6.07, 6.45) is 4.31. The van der Waals surface area contributed by atoms with E-state index in [1.165, 1.54) is 19.3 Å². The first kappa shape index (κ1) is 9.05. The van der Waals surface area contributed by atoms with Crippen LogP contribution in [0.15, 0.2) is 0 Å². The second-order valence-corrected chi connectivity index (χ2v) is 4.87. The zero-order chi connectivity index (χ0) is 8.48. The molecule has 1 aliphatic carbocycles. The van der Waals surface area contributed by atoms with Crippen molar-refractivity contribution in [1.29, 1.82) is 0 Å². The zero-order valence-electron chi connectivity index (χ0n) is 8.28. The van der Waals surface area contributed by atoms with Crippen molar-refractivity contribution in [2.24, 2.45) is 5.92 Å². The van der Waals surface area contributed by atoms with Crippen LogP contribution in [0.4, 0.5) is 0 Å². The lowest BCUT2D eigenvalue weighted by atomic mass is 9.80. The lowest BCUT2D eigenvalue weighted by Crippen LogP contribution is -2.47. The second kappa shape index (κ2) is 3.14. The number of rotatable bonds is 2. The van der Waals surface area contributed by atoms with Gasteiger partial charge in [-0.15, -0.1) is 0 Å². The molecule has 1 fully saturated rings. The fourth-order valence-corrected chi connectivity index (χ4v) is 1.74. The van der Waals surface area contributed by atoms with Crippen molar-refractivity contribution in [2.75, 3.05) is 0 Å². The van der Waals surface area contributed by atoms with Crippen molar-refractivity contribution in [2.45, 2.75) is 58.5 Å². The maximum absolute atomic E-state index is 3.62. The maximum Gasteiger partial charge on any atom is 0.00990 e. The fourth-order valence-electron chi connectivity index (χ4n) is 1.74. The standard InChI is InChI=1S/C10H21N/c1-8(9-6-5-7-9)11-10(2,3)4/h8-9,11H,5-7H2,1-4H3/t8-/m1/s1. The molecule has 0 aromatic heterocycles. The van der Waals surface area contributed by atoms with Crippen LogP contribution in [0.2, 0.25) is 0 Å². The smallest absolute Gasteiger partial charge is 0.00990 e. The molecular weight excluding hydrogens is 134 g/mol. The van der Waals surface area contributed by atoms with Gasteiger partial charge in [0.25, 0.3) is 0 Å². The molecule has 66 valence electrons. The van der Waals surface area contributed by atoms with Crippen molar-refractivity contribution < 1.29 is 0 Å². The number of hydrogen-bond acceptors (Lipinski definition) is 1. The van der Waals surface area contributed by atoms with E-state index in [1.54, 1.807) is 0 Å². The predicted octanol–water partition coefficient (Wildman–Crippen LogP) is 2.56. The molecule has 0 aliphatic heterocycles. The van der Waals surface area contributed by atoms with Gasteiger partial charge in [-0.2, -0.15) is 0 Å². The molecule has 0 amide bonds. The first-order chi connectivity index (χ1) is 4.99. The quantitative estimate of drug-likeness (QED) is 0.646. The van der Waals surface area contributed by atoms with Crippen LogP contribution in [0.25, 0.3) is 0 Å². The molecule has 0 heterocycles. The van der Waals surface area contributed by atoms with E-state index in [1.807, 2.05) is 0 Å². The van der Waals surface area contributed by atoms with E-state index in [-0.39, 0.29) is 5.54 Å². The van der Waals surface area contributed by atoms with E-state index in [9.17, 15) is 0 Å². The molecule has 1 N–H and O–H groups in total. The molecule has 0 aromatic carbocycles. The van der Waals surface area contributed by atoms with Crippen molar-refractivity contribution in [1.82, 2.24) is 5.32 Å². The molecule has 0 unspecified atom stereocenters. The highest BCUT2D eigenvalue weighted by molar-refractivity contribution is 4.84. The summed E-state index contributed by atoms with van der Waals surface area (Å²) in [7, 11) is 0. The van der Waals surface area contributed by atoms with E-state index in [0.29, 0.717) is 6.04 Å². The molecular formula is C10H21N. The summed E-state index contributed by atoms with van der Waals surface area (Å²) >= 11 is 0. The highest BCUT2D eigenvalue weighted by Crippen LogP contribution is 2.30. The van der Waals surface area contributed by atoms with Gasteiger partial charge in [-0.25, -0.2) is 0 Å². The molecule has 11 heavy (non-hydrogen) atoms. The molecule has 0 aromatic rings. The Morgan fingerprint density at radius 1 is 1.27 bits per heavy atom. The average Bonchev–Trinajstić information content (AvgIpc) is 1.50. The molecule has 0 bridgehead atoms. The fraction of sp³-hybridized carbons (Fsp3) is 1.00. The molecule has 0 radical (unpaired) electrons. The van der Waals surface area contributed by atoms with Gasteiger partial charge >= 0.3 is 0 Å². The molecule has 0 spiro atoms. The van der Waals surface area contributed by atoms with Gasteiger partial charge in [-0.3, -0.25) is 0 Å². The van der Waals surface area contributed by atoms with E-state index < -0.39 is 0 Å². The van der Waals surface area contributed by atoms with Gasteiger partial charge in [0.05, 0.1) is 0 Å². The Balaban J connectivity index is 2.24. The van der Waals surface area contributed by atoms with E-state index in [0.717, 1.165) is 5.92 Å². The number of nitrogens with one attached hydrogen (secondary N) is 1. The summed E-state index contributed by atoms with van der Waals surface area (Å²) in [4.78, 5) is 0. The molecule has 1 atom stereocenters. The Bertz CT molecular complexity index is 119. The van der Waals surface area contributed by atoms with E-state index >= 15 is 0 Å². The van der Waals surface area contributed by atoms with Gasteiger partial charge in [0.1, 0.15) is 0 Å². The van der Waals surface area contributed by atoms with Crippen molar-refractivity contribution in [3.05, 3.63) is 0 Å². The summed E-state index contributed by atoms with van der Waals surface area (Å²) in [5.41, 5.74) is 0.287. The van der Waals surface area contributed by atoms with Crippen LogP contribution in [0.5, 0.6) is 0 Å². The van der Waals surface area contributed by atoms with Gasteiger partial charge in [0.2, 0.25) is 0 Å². The summed E-state index contributed by atoms with van der Waals surface area (Å²) in [5.74, 6) is 0.953. The van der Waals surface area contributed by atoms with Gasteiger partial charge < -0.3 is 5.32 Å². The van der Waals surface area contributed by atoms with Crippen LogP contribution >= 0.6 is 0 Å². The molecule has 1 heteroatoms. The second-order valence-electron chi connectivity index (χ2n) is 4.87. The maximum atomic E-state index is 3.62. The average molecular weight is 155 g/mol. The largest absolute Gasteiger partial charge is 0.309 e. The van der Waals surface area contributed by atoms with Gasteiger partial charge in [0.15, 0.2) is 0 Å². The summed E-state index contributed by atoms with van der Waals surface area (Å²) in [5, 5.41) is 3.62. The summed E-state index contributed by atoms with van der Waals surface area (Å²) in [6, 6.07) is 0.712. The lowest BCUT2D eigenvalue weighted by Gasteiger charge is -2.36. The first-order valence-corrected chi connectivity index (χ1v) is 4.77. The first-order valence-electron chi connectivity index (χ1n) is 4.77. The Labute approximate surface area is 70.6 Å². The highest BCUT2D eigenvalue weighted by Gasteiger charge is 2.26. The van der Waals surface area contributed by atoms with Crippen LogP contribution in [-0.4, -0.2) is 11.6 Å². The molecule has 1 aliphatic rings. The summed E-state index contributed by atoms with van der Waals surface area (Å²) < 4.78 is 0. The third-order valence-electron chi connectivity index (χ3n) is 2.52. The Kier molecular flexibility index (Phi) is 2.58. The monoisotopic (exact) mass is 155 g/mol. The van der Waals surface area contributed by atoms with Gasteiger partial charge in [0, 0.05) is 11.6 Å². The third kappa shape index (κ3) is 2.82. The van der Waals surface area contributed by atoms with Crippen LogP contribution in [0.1, 0.15) is 47.0 Å². The van der Waals surface area contributed by atoms with Crippen molar-refractivity contribution >= 4 is 0 Å².